The monoisotopic (exact) mass is 400 g/mol. The highest BCUT2D eigenvalue weighted by molar-refractivity contribution is 6.00. The van der Waals surface area contributed by atoms with Crippen molar-refractivity contribution in [2.75, 3.05) is 23.3 Å². The number of anilines is 2. The molecular formula is C24H24N4O2. The van der Waals surface area contributed by atoms with Gasteiger partial charge in [0.2, 0.25) is 5.91 Å². The van der Waals surface area contributed by atoms with Gasteiger partial charge >= 0.3 is 0 Å². The molecule has 30 heavy (non-hydrogen) atoms. The number of aromatic nitrogens is 2. The van der Waals surface area contributed by atoms with E-state index in [-0.39, 0.29) is 24.5 Å². The molecule has 1 saturated heterocycles. The van der Waals surface area contributed by atoms with Crippen LogP contribution in [0, 0.1) is 0 Å². The fraction of sp³-hybridized carbons (Fsp3) is 0.250. The van der Waals surface area contributed by atoms with Gasteiger partial charge in [-0.2, -0.15) is 0 Å². The molecule has 0 radical (unpaired) electrons. The van der Waals surface area contributed by atoms with Gasteiger partial charge in [0.15, 0.2) is 11.6 Å². The van der Waals surface area contributed by atoms with Gasteiger partial charge in [0.25, 0.3) is 0 Å². The first-order chi connectivity index (χ1) is 14.7. The summed E-state index contributed by atoms with van der Waals surface area (Å²) in [5.41, 5.74) is 3.06. The standard InChI is InChI=1S/C24H24N4O2/c29-22(19-6-2-1-3-7-19)13-15-24(30)25-20-10-8-18(9-11-20)21-12-14-23(27-26-21)28-16-4-5-17-28/h1-3,6-12,14H,4-5,13,15-17H2,(H,25,30). The lowest BCUT2D eigenvalue weighted by molar-refractivity contribution is -0.116. The summed E-state index contributed by atoms with van der Waals surface area (Å²) in [6.07, 6.45) is 2.75. The molecule has 0 atom stereocenters. The summed E-state index contributed by atoms with van der Waals surface area (Å²) in [6.45, 7) is 2.08. The number of carbonyl (C=O) groups is 2. The van der Waals surface area contributed by atoms with Crippen LogP contribution in [0.4, 0.5) is 11.5 Å². The Morgan fingerprint density at radius 1 is 0.833 bits per heavy atom. The van der Waals surface area contributed by atoms with Crippen LogP contribution >= 0.6 is 0 Å². The van der Waals surface area contributed by atoms with Crippen molar-refractivity contribution in [2.24, 2.45) is 0 Å². The van der Waals surface area contributed by atoms with E-state index in [1.807, 2.05) is 54.6 Å². The molecule has 2 aromatic carbocycles. The molecule has 0 aliphatic carbocycles. The van der Waals surface area contributed by atoms with E-state index in [4.69, 9.17) is 0 Å². The Bertz CT molecular complexity index is 996. The van der Waals surface area contributed by atoms with Gasteiger partial charge in [-0.15, -0.1) is 10.2 Å². The van der Waals surface area contributed by atoms with Crippen LogP contribution in [0.25, 0.3) is 11.3 Å². The maximum atomic E-state index is 12.2. The third-order valence-corrected chi connectivity index (χ3v) is 5.22. The van der Waals surface area contributed by atoms with Gasteiger partial charge in [-0.25, -0.2) is 0 Å². The van der Waals surface area contributed by atoms with Gasteiger partial charge < -0.3 is 10.2 Å². The maximum Gasteiger partial charge on any atom is 0.224 e. The normalized spacial score (nSPS) is 13.3. The average molecular weight is 400 g/mol. The number of nitrogens with one attached hydrogen (secondary N) is 1. The fourth-order valence-corrected chi connectivity index (χ4v) is 3.54. The van der Waals surface area contributed by atoms with Crippen molar-refractivity contribution in [1.82, 2.24) is 10.2 Å². The molecule has 6 nitrogen and oxygen atoms in total. The number of ketones is 1. The zero-order valence-corrected chi connectivity index (χ0v) is 16.8. The Morgan fingerprint density at radius 3 is 2.23 bits per heavy atom. The van der Waals surface area contributed by atoms with E-state index in [1.54, 1.807) is 12.1 Å². The van der Waals surface area contributed by atoms with Gasteiger partial charge in [-0.3, -0.25) is 9.59 Å². The van der Waals surface area contributed by atoms with Crippen molar-refractivity contribution in [3.8, 4) is 11.3 Å². The van der Waals surface area contributed by atoms with Crippen molar-refractivity contribution in [3.63, 3.8) is 0 Å². The molecule has 1 amide bonds. The van der Waals surface area contributed by atoms with E-state index in [9.17, 15) is 9.59 Å². The topological polar surface area (TPSA) is 75.2 Å². The average Bonchev–Trinajstić information content (AvgIpc) is 3.34. The van der Waals surface area contributed by atoms with Crippen LogP contribution in [0.2, 0.25) is 0 Å². The number of benzene rings is 2. The Morgan fingerprint density at radius 2 is 1.57 bits per heavy atom. The SMILES string of the molecule is O=C(CCC(=O)c1ccccc1)Nc1ccc(-c2ccc(N3CCCC3)nn2)cc1. The number of hydrogen-bond acceptors (Lipinski definition) is 5. The van der Waals surface area contributed by atoms with Crippen LogP contribution in [-0.2, 0) is 4.79 Å². The minimum Gasteiger partial charge on any atom is -0.355 e. The van der Waals surface area contributed by atoms with E-state index < -0.39 is 0 Å². The zero-order chi connectivity index (χ0) is 20.8. The number of amides is 1. The lowest BCUT2D eigenvalue weighted by Crippen LogP contribution is -2.19. The van der Waals surface area contributed by atoms with Crippen LogP contribution in [-0.4, -0.2) is 35.0 Å². The molecule has 4 rings (SSSR count). The maximum absolute atomic E-state index is 12.2. The molecule has 0 spiro atoms. The molecule has 1 aliphatic rings. The molecule has 1 fully saturated rings. The highest BCUT2D eigenvalue weighted by Gasteiger charge is 2.14. The van der Waals surface area contributed by atoms with Crippen molar-refractivity contribution in [2.45, 2.75) is 25.7 Å². The number of hydrogen-bond donors (Lipinski definition) is 1. The summed E-state index contributed by atoms with van der Waals surface area (Å²) in [5.74, 6) is 0.712. The summed E-state index contributed by atoms with van der Waals surface area (Å²) < 4.78 is 0. The molecule has 152 valence electrons. The number of carbonyl (C=O) groups excluding carboxylic acids is 2. The van der Waals surface area contributed by atoms with E-state index in [1.165, 1.54) is 12.8 Å². The number of rotatable bonds is 7. The van der Waals surface area contributed by atoms with Crippen molar-refractivity contribution >= 4 is 23.2 Å². The van der Waals surface area contributed by atoms with Gasteiger partial charge in [-0.05, 0) is 37.1 Å². The molecule has 3 aromatic rings. The summed E-state index contributed by atoms with van der Waals surface area (Å²) in [6, 6.07) is 20.5. The second-order valence-corrected chi connectivity index (χ2v) is 7.39. The lowest BCUT2D eigenvalue weighted by atomic mass is 10.1. The molecule has 6 heteroatoms. The quantitative estimate of drug-likeness (QED) is 0.597. The second kappa shape index (κ2) is 9.31. The first-order valence-electron chi connectivity index (χ1n) is 10.3. The fourth-order valence-electron chi connectivity index (χ4n) is 3.54. The van der Waals surface area contributed by atoms with Gasteiger partial charge in [0.05, 0.1) is 5.69 Å². The van der Waals surface area contributed by atoms with Gasteiger partial charge in [0, 0.05) is 42.7 Å². The molecule has 0 bridgehead atoms. The Labute approximate surface area is 175 Å². The zero-order valence-electron chi connectivity index (χ0n) is 16.8. The molecule has 0 saturated carbocycles. The van der Waals surface area contributed by atoms with Crippen LogP contribution in [0.3, 0.4) is 0 Å². The number of Topliss-reactive ketones (excluding diaryl/α,β-unsaturated/α-hetero) is 1. The van der Waals surface area contributed by atoms with E-state index in [2.05, 4.69) is 20.4 Å². The third kappa shape index (κ3) is 4.89. The summed E-state index contributed by atoms with van der Waals surface area (Å²) in [4.78, 5) is 26.5. The summed E-state index contributed by atoms with van der Waals surface area (Å²) >= 11 is 0. The van der Waals surface area contributed by atoms with Gasteiger partial charge in [0.1, 0.15) is 0 Å². The van der Waals surface area contributed by atoms with Crippen LogP contribution in [0.1, 0.15) is 36.0 Å². The smallest absolute Gasteiger partial charge is 0.224 e. The first-order valence-corrected chi connectivity index (χ1v) is 10.3. The first kappa shape index (κ1) is 19.8. The third-order valence-electron chi connectivity index (χ3n) is 5.22. The molecule has 0 unspecified atom stereocenters. The molecule has 1 aliphatic heterocycles. The molecule has 1 N–H and O–H groups in total. The van der Waals surface area contributed by atoms with Crippen molar-refractivity contribution in [3.05, 3.63) is 72.3 Å². The van der Waals surface area contributed by atoms with E-state index in [0.29, 0.717) is 11.3 Å². The van der Waals surface area contributed by atoms with Crippen LogP contribution in [0.15, 0.2) is 66.7 Å². The Kier molecular flexibility index (Phi) is 6.13. The summed E-state index contributed by atoms with van der Waals surface area (Å²) in [7, 11) is 0. The van der Waals surface area contributed by atoms with E-state index >= 15 is 0 Å². The predicted molar refractivity (Wildman–Crippen MR) is 118 cm³/mol. The minimum atomic E-state index is -0.179. The minimum absolute atomic E-state index is 0.0305. The molecule has 1 aromatic heterocycles. The van der Waals surface area contributed by atoms with Crippen molar-refractivity contribution in [1.29, 1.82) is 0 Å². The number of nitrogens with zero attached hydrogens (tertiary/aromatic N) is 3. The largest absolute Gasteiger partial charge is 0.355 e. The highest BCUT2D eigenvalue weighted by atomic mass is 16.2. The lowest BCUT2D eigenvalue weighted by Gasteiger charge is -2.15. The predicted octanol–water partition coefficient (Wildman–Crippen LogP) is 4.35. The van der Waals surface area contributed by atoms with Crippen LogP contribution < -0.4 is 10.2 Å². The van der Waals surface area contributed by atoms with Gasteiger partial charge in [-0.1, -0.05) is 42.5 Å². The van der Waals surface area contributed by atoms with Crippen LogP contribution in [0.5, 0.6) is 0 Å². The second-order valence-electron chi connectivity index (χ2n) is 7.39. The van der Waals surface area contributed by atoms with E-state index in [0.717, 1.165) is 30.2 Å². The molecule has 2 heterocycles. The Hall–Kier alpha value is -3.54. The van der Waals surface area contributed by atoms with Crippen molar-refractivity contribution < 1.29 is 9.59 Å². The highest BCUT2D eigenvalue weighted by Crippen LogP contribution is 2.22. The molecular weight excluding hydrogens is 376 g/mol. The summed E-state index contributed by atoms with van der Waals surface area (Å²) in [5, 5.41) is 11.5. The Balaban J connectivity index is 1.31.